The lowest BCUT2D eigenvalue weighted by Crippen LogP contribution is -2.48. The number of aromatic nitrogens is 1. The van der Waals surface area contributed by atoms with E-state index in [-0.39, 0.29) is 12.2 Å². The number of amides is 1. The number of halogens is 1. The van der Waals surface area contributed by atoms with Crippen molar-refractivity contribution in [1.29, 1.82) is 0 Å². The minimum atomic E-state index is -1.36. The highest BCUT2D eigenvalue weighted by Crippen LogP contribution is 2.19. The number of carbonyl (C=O) groups excluding carboxylic acids is 2. The summed E-state index contributed by atoms with van der Waals surface area (Å²) in [5, 5.41) is 14.7. The van der Waals surface area contributed by atoms with Gasteiger partial charge in [0.05, 0.1) is 12.0 Å². The Morgan fingerprint density at radius 3 is 2.62 bits per heavy atom. The van der Waals surface area contributed by atoms with E-state index in [0.717, 1.165) is 16.5 Å². The van der Waals surface area contributed by atoms with Gasteiger partial charge in [0.25, 0.3) is 0 Å². The molecule has 0 spiro atoms. The van der Waals surface area contributed by atoms with Crippen molar-refractivity contribution in [1.82, 2.24) is 10.3 Å². The van der Waals surface area contributed by atoms with Crippen molar-refractivity contribution in [2.75, 3.05) is 0 Å². The van der Waals surface area contributed by atoms with Gasteiger partial charge in [0.15, 0.2) is 0 Å². The first-order valence-electron chi connectivity index (χ1n) is 8.03. The number of benzene rings is 2. The van der Waals surface area contributed by atoms with Crippen LogP contribution in [0.15, 0.2) is 60.8 Å². The van der Waals surface area contributed by atoms with Gasteiger partial charge in [-0.2, -0.15) is 0 Å². The second-order valence-electron chi connectivity index (χ2n) is 5.83. The van der Waals surface area contributed by atoms with E-state index in [1.807, 2.05) is 24.3 Å². The molecule has 2 N–H and O–H groups in total. The molecule has 1 unspecified atom stereocenters. The molecule has 0 aliphatic heterocycles. The average Bonchev–Trinajstić information content (AvgIpc) is 3.04. The number of carbonyl (C=O) groups is 2. The lowest BCUT2D eigenvalue weighted by Gasteiger charge is -2.18. The van der Waals surface area contributed by atoms with Crippen molar-refractivity contribution in [3.8, 4) is 0 Å². The Morgan fingerprint density at radius 1 is 1.15 bits per heavy atom. The molecule has 3 rings (SSSR count). The third-order valence-corrected chi connectivity index (χ3v) is 4.00. The van der Waals surface area contributed by atoms with E-state index in [1.54, 1.807) is 6.20 Å². The minimum absolute atomic E-state index is 0.0997. The maximum Gasteiger partial charge on any atom is 0.244 e. The number of fused-ring (bicyclic) bond motifs is 1. The molecule has 3 aromatic rings. The van der Waals surface area contributed by atoms with Crippen molar-refractivity contribution in [2.45, 2.75) is 12.5 Å². The van der Waals surface area contributed by atoms with E-state index in [2.05, 4.69) is 10.3 Å². The molecular weight excluding hydrogens is 335 g/mol. The summed E-state index contributed by atoms with van der Waals surface area (Å²) in [5.74, 6) is -2.30. The molecule has 1 aromatic heterocycles. The lowest BCUT2D eigenvalue weighted by molar-refractivity contribution is -0.308. The number of carboxylic acids is 1. The molecule has 1 heterocycles. The van der Waals surface area contributed by atoms with Crippen LogP contribution >= 0.6 is 0 Å². The van der Waals surface area contributed by atoms with Gasteiger partial charge < -0.3 is 20.2 Å². The summed E-state index contributed by atoms with van der Waals surface area (Å²) in [6.45, 7) is 0. The molecule has 1 atom stereocenters. The molecule has 0 fully saturated rings. The summed E-state index contributed by atoms with van der Waals surface area (Å²) in [5.41, 5.74) is 2.29. The van der Waals surface area contributed by atoms with Crippen molar-refractivity contribution >= 4 is 28.9 Å². The summed E-state index contributed by atoms with van der Waals surface area (Å²) >= 11 is 0. The molecule has 0 aliphatic rings. The van der Waals surface area contributed by atoms with E-state index in [4.69, 9.17) is 0 Å². The van der Waals surface area contributed by atoms with Crippen LogP contribution in [-0.2, 0) is 16.0 Å². The van der Waals surface area contributed by atoms with Gasteiger partial charge in [-0.15, -0.1) is 0 Å². The quantitative estimate of drug-likeness (QED) is 0.664. The Hall–Kier alpha value is -3.41. The molecule has 0 radical (unpaired) electrons. The largest absolute Gasteiger partial charge is 0.548 e. The molecule has 0 saturated carbocycles. The molecule has 0 bridgehead atoms. The van der Waals surface area contributed by atoms with Crippen LogP contribution in [0.1, 0.15) is 11.1 Å². The van der Waals surface area contributed by atoms with Crippen LogP contribution in [0.5, 0.6) is 0 Å². The van der Waals surface area contributed by atoms with E-state index in [1.165, 1.54) is 36.4 Å². The SMILES string of the molecule is O=C(C=Cc1ccc(F)cc1)NC(Cc1c[nH]c2ccccc12)C(=O)[O-]. The zero-order valence-electron chi connectivity index (χ0n) is 13.7. The number of para-hydroxylation sites is 1. The number of hydrogen-bond donors (Lipinski definition) is 2. The summed E-state index contributed by atoms with van der Waals surface area (Å²) in [6.07, 6.45) is 4.51. The monoisotopic (exact) mass is 351 g/mol. The standard InChI is InChI=1S/C20H17FN2O3/c21-15-8-5-13(6-9-15)7-10-19(24)23-18(20(25)26)11-14-12-22-17-4-2-1-3-16(14)17/h1-10,12,18,22H,11H2,(H,23,24)(H,25,26)/p-1. The highest BCUT2D eigenvalue weighted by atomic mass is 19.1. The third-order valence-electron chi connectivity index (χ3n) is 4.00. The van der Waals surface area contributed by atoms with Crippen LogP contribution in [0.2, 0.25) is 0 Å². The fourth-order valence-corrected chi connectivity index (χ4v) is 2.68. The van der Waals surface area contributed by atoms with E-state index >= 15 is 0 Å². The summed E-state index contributed by atoms with van der Waals surface area (Å²) < 4.78 is 12.9. The predicted octanol–water partition coefficient (Wildman–Crippen LogP) is 1.80. The van der Waals surface area contributed by atoms with Gasteiger partial charge in [0.1, 0.15) is 5.82 Å². The van der Waals surface area contributed by atoms with Crippen LogP contribution in [-0.4, -0.2) is 22.9 Å². The molecule has 0 aliphatic carbocycles. The molecule has 5 nitrogen and oxygen atoms in total. The Morgan fingerprint density at radius 2 is 1.88 bits per heavy atom. The van der Waals surface area contributed by atoms with Gasteiger partial charge >= 0.3 is 0 Å². The van der Waals surface area contributed by atoms with Crippen LogP contribution < -0.4 is 10.4 Å². The number of aliphatic carboxylic acids is 1. The fraction of sp³-hybridized carbons (Fsp3) is 0.100. The highest BCUT2D eigenvalue weighted by molar-refractivity contribution is 5.94. The first-order valence-corrected chi connectivity index (χ1v) is 8.03. The zero-order valence-corrected chi connectivity index (χ0v) is 13.7. The Kier molecular flexibility index (Phi) is 5.12. The first kappa shape index (κ1) is 17.4. The summed E-state index contributed by atoms with van der Waals surface area (Å²) in [7, 11) is 0. The highest BCUT2D eigenvalue weighted by Gasteiger charge is 2.15. The topological polar surface area (TPSA) is 85.0 Å². The average molecular weight is 351 g/mol. The number of rotatable bonds is 6. The lowest BCUT2D eigenvalue weighted by atomic mass is 10.0. The summed E-state index contributed by atoms with van der Waals surface area (Å²) in [6, 6.07) is 11.9. The maximum absolute atomic E-state index is 12.9. The van der Waals surface area contributed by atoms with Gasteiger partial charge in [0.2, 0.25) is 5.91 Å². The first-order chi connectivity index (χ1) is 12.5. The number of hydrogen-bond acceptors (Lipinski definition) is 3. The number of carboxylic acid groups (broad SMARTS) is 1. The molecule has 6 heteroatoms. The number of nitrogens with one attached hydrogen (secondary N) is 2. The van der Waals surface area contributed by atoms with Crippen LogP contribution in [0.4, 0.5) is 4.39 Å². The van der Waals surface area contributed by atoms with Crippen LogP contribution in [0.3, 0.4) is 0 Å². The Labute approximate surface area is 149 Å². The molecule has 2 aromatic carbocycles. The molecule has 1 amide bonds. The van der Waals surface area contributed by atoms with Crippen LogP contribution in [0.25, 0.3) is 17.0 Å². The normalized spacial score (nSPS) is 12.3. The van der Waals surface area contributed by atoms with Gasteiger partial charge in [-0.3, -0.25) is 4.79 Å². The van der Waals surface area contributed by atoms with E-state index in [9.17, 15) is 19.1 Å². The number of H-pyrrole nitrogens is 1. The van der Waals surface area contributed by atoms with Crippen molar-refractivity contribution in [3.05, 3.63) is 77.7 Å². The molecule has 132 valence electrons. The Bertz CT molecular complexity index is 961. The maximum atomic E-state index is 12.9. The third kappa shape index (κ3) is 4.16. The molecule has 0 saturated heterocycles. The van der Waals surface area contributed by atoms with E-state index in [0.29, 0.717) is 5.56 Å². The minimum Gasteiger partial charge on any atom is -0.548 e. The van der Waals surface area contributed by atoms with Gasteiger partial charge in [-0.1, -0.05) is 30.3 Å². The van der Waals surface area contributed by atoms with Crippen molar-refractivity contribution in [3.63, 3.8) is 0 Å². The zero-order chi connectivity index (χ0) is 18.5. The van der Waals surface area contributed by atoms with Crippen molar-refractivity contribution in [2.24, 2.45) is 0 Å². The van der Waals surface area contributed by atoms with Gasteiger partial charge in [-0.25, -0.2) is 4.39 Å². The number of aromatic amines is 1. The van der Waals surface area contributed by atoms with Gasteiger partial charge in [0, 0.05) is 29.6 Å². The van der Waals surface area contributed by atoms with E-state index < -0.39 is 17.9 Å². The second-order valence-corrected chi connectivity index (χ2v) is 5.83. The summed E-state index contributed by atoms with van der Waals surface area (Å²) in [4.78, 5) is 26.5. The smallest absolute Gasteiger partial charge is 0.244 e. The fourth-order valence-electron chi connectivity index (χ4n) is 2.68. The van der Waals surface area contributed by atoms with Gasteiger partial charge in [-0.05, 0) is 35.4 Å². The molecular formula is C20H16FN2O3-. The van der Waals surface area contributed by atoms with Crippen LogP contribution in [0, 0.1) is 5.82 Å². The second kappa shape index (κ2) is 7.65. The predicted molar refractivity (Wildman–Crippen MR) is 94.4 cm³/mol. The molecule has 26 heavy (non-hydrogen) atoms. The van der Waals surface area contributed by atoms with Crippen molar-refractivity contribution < 1.29 is 19.1 Å². The Balaban J connectivity index is 1.69.